The van der Waals surface area contributed by atoms with Gasteiger partial charge in [-0.2, -0.15) is 0 Å². The molecule has 1 fully saturated rings. The molecule has 3 atom stereocenters. The number of hydrogen-bond donors (Lipinski definition) is 0. The third-order valence-corrected chi connectivity index (χ3v) is 4.61. The molecule has 1 aliphatic rings. The summed E-state index contributed by atoms with van der Waals surface area (Å²) in [7, 11) is 3.17. The Labute approximate surface area is 121 Å². The standard InChI is InChI=1S/C17H24O3/c1-10(8-13-9-15(13)17(18)20-5)14-6-7-16(19-4)12(3)11(14)2/h6-7,10,13,15H,8-9H2,1-5H3. The molecular weight excluding hydrogens is 252 g/mol. The first-order chi connectivity index (χ1) is 9.49. The van der Waals surface area contributed by atoms with Gasteiger partial charge in [0.15, 0.2) is 0 Å². The summed E-state index contributed by atoms with van der Waals surface area (Å²) >= 11 is 0. The van der Waals surface area contributed by atoms with Gasteiger partial charge in [0.1, 0.15) is 5.75 Å². The molecule has 0 saturated heterocycles. The zero-order valence-corrected chi connectivity index (χ0v) is 13.0. The molecule has 0 amide bonds. The van der Waals surface area contributed by atoms with Crippen LogP contribution in [0, 0.1) is 25.7 Å². The number of carbonyl (C=O) groups is 1. The van der Waals surface area contributed by atoms with Gasteiger partial charge in [-0.25, -0.2) is 0 Å². The Hall–Kier alpha value is -1.51. The van der Waals surface area contributed by atoms with E-state index in [1.165, 1.54) is 23.8 Å². The van der Waals surface area contributed by atoms with Crippen LogP contribution in [0.25, 0.3) is 0 Å². The molecule has 20 heavy (non-hydrogen) atoms. The van der Waals surface area contributed by atoms with Gasteiger partial charge < -0.3 is 9.47 Å². The quantitative estimate of drug-likeness (QED) is 0.771. The first kappa shape index (κ1) is 14.9. The van der Waals surface area contributed by atoms with Gasteiger partial charge in [0, 0.05) is 0 Å². The molecule has 0 aromatic heterocycles. The second-order valence-electron chi connectivity index (χ2n) is 5.87. The lowest BCUT2D eigenvalue weighted by molar-refractivity contribution is -0.142. The van der Waals surface area contributed by atoms with E-state index in [1.54, 1.807) is 7.11 Å². The highest BCUT2D eigenvalue weighted by molar-refractivity contribution is 5.75. The third-order valence-electron chi connectivity index (χ3n) is 4.61. The molecule has 3 heteroatoms. The van der Waals surface area contributed by atoms with Crippen molar-refractivity contribution in [2.75, 3.05) is 14.2 Å². The van der Waals surface area contributed by atoms with Crippen molar-refractivity contribution >= 4 is 5.97 Å². The highest BCUT2D eigenvalue weighted by Gasteiger charge is 2.44. The third kappa shape index (κ3) is 2.82. The minimum absolute atomic E-state index is 0.0511. The highest BCUT2D eigenvalue weighted by Crippen LogP contribution is 2.46. The van der Waals surface area contributed by atoms with Crippen LogP contribution in [0.1, 0.15) is 42.4 Å². The second-order valence-corrected chi connectivity index (χ2v) is 5.87. The van der Waals surface area contributed by atoms with Gasteiger partial charge in [0.2, 0.25) is 0 Å². The summed E-state index contributed by atoms with van der Waals surface area (Å²) in [6, 6.07) is 4.19. The highest BCUT2D eigenvalue weighted by atomic mass is 16.5. The molecule has 0 radical (unpaired) electrons. The predicted molar refractivity (Wildman–Crippen MR) is 79.1 cm³/mol. The van der Waals surface area contributed by atoms with Crippen molar-refractivity contribution in [3.05, 3.63) is 28.8 Å². The van der Waals surface area contributed by atoms with Crippen LogP contribution in [0.4, 0.5) is 0 Å². The lowest BCUT2D eigenvalue weighted by Crippen LogP contribution is -2.06. The Kier molecular flexibility index (Phi) is 4.36. The number of rotatable bonds is 5. The number of methoxy groups -OCH3 is 2. The second kappa shape index (κ2) is 5.86. The zero-order valence-electron chi connectivity index (χ0n) is 13.0. The Morgan fingerprint density at radius 2 is 2.00 bits per heavy atom. The van der Waals surface area contributed by atoms with E-state index in [4.69, 9.17) is 9.47 Å². The molecule has 1 saturated carbocycles. The summed E-state index contributed by atoms with van der Waals surface area (Å²) in [5.74, 6) is 1.96. The SMILES string of the molecule is COC(=O)C1CC1CC(C)c1ccc(OC)c(C)c1C. The van der Waals surface area contributed by atoms with E-state index >= 15 is 0 Å². The fraction of sp³-hybridized carbons (Fsp3) is 0.588. The van der Waals surface area contributed by atoms with Gasteiger partial charge in [-0.3, -0.25) is 4.79 Å². The molecule has 0 bridgehead atoms. The molecule has 0 N–H and O–H groups in total. The summed E-state index contributed by atoms with van der Waals surface area (Å²) in [5, 5.41) is 0. The molecule has 1 aliphatic carbocycles. The van der Waals surface area contributed by atoms with Gasteiger partial charge in [-0.15, -0.1) is 0 Å². The smallest absolute Gasteiger partial charge is 0.308 e. The number of esters is 1. The van der Waals surface area contributed by atoms with E-state index in [9.17, 15) is 4.79 Å². The van der Waals surface area contributed by atoms with Crippen molar-refractivity contribution in [3.63, 3.8) is 0 Å². The van der Waals surface area contributed by atoms with Crippen LogP contribution in [-0.4, -0.2) is 20.2 Å². The first-order valence-electron chi connectivity index (χ1n) is 7.21. The maximum atomic E-state index is 11.5. The van der Waals surface area contributed by atoms with Gasteiger partial charge >= 0.3 is 5.97 Å². The van der Waals surface area contributed by atoms with Crippen LogP contribution < -0.4 is 4.74 Å². The molecule has 3 unspecified atom stereocenters. The van der Waals surface area contributed by atoms with E-state index in [0.29, 0.717) is 11.8 Å². The predicted octanol–water partition coefficient (Wildman–Crippen LogP) is 3.61. The van der Waals surface area contributed by atoms with E-state index in [-0.39, 0.29) is 11.9 Å². The average Bonchev–Trinajstić information content (AvgIpc) is 3.19. The van der Waals surface area contributed by atoms with Crippen LogP contribution in [0.2, 0.25) is 0 Å². The van der Waals surface area contributed by atoms with Crippen molar-refractivity contribution in [1.29, 1.82) is 0 Å². The van der Waals surface area contributed by atoms with Crippen molar-refractivity contribution < 1.29 is 14.3 Å². The molecule has 3 nitrogen and oxygen atoms in total. The van der Waals surface area contributed by atoms with Crippen molar-refractivity contribution in [1.82, 2.24) is 0 Å². The Morgan fingerprint density at radius 3 is 2.60 bits per heavy atom. The van der Waals surface area contributed by atoms with Crippen LogP contribution in [0.15, 0.2) is 12.1 Å². The molecule has 110 valence electrons. The molecule has 2 rings (SSSR count). The number of benzene rings is 1. The van der Waals surface area contributed by atoms with Crippen LogP contribution in [0.3, 0.4) is 0 Å². The molecule has 0 heterocycles. The normalized spacial score (nSPS) is 22.2. The summed E-state index contributed by atoms with van der Waals surface area (Å²) in [6.45, 7) is 6.48. The fourth-order valence-corrected chi connectivity index (χ4v) is 3.10. The van der Waals surface area contributed by atoms with Gasteiger partial charge in [-0.05, 0) is 61.3 Å². The summed E-state index contributed by atoms with van der Waals surface area (Å²) in [6.07, 6.45) is 2.03. The van der Waals surface area contributed by atoms with Crippen LogP contribution in [-0.2, 0) is 9.53 Å². The number of ether oxygens (including phenoxy) is 2. The van der Waals surface area contributed by atoms with Gasteiger partial charge in [0.25, 0.3) is 0 Å². The molecule has 1 aromatic rings. The molecule has 0 aliphatic heterocycles. The minimum atomic E-state index is -0.0511. The van der Waals surface area contributed by atoms with E-state index in [2.05, 4.69) is 26.8 Å². The summed E-state index contributed by atoms with van der Waals surface area (Å²) in [4.78, 5) is 11.5. The van der Waals surface area contributed by atoms with Crippen LogP contribution in [0.5, 0.6) is 5.75 Å². The van der Waals surface area contributed by atoms with Crippen LogP contribution >= 0.6 is 0 Å². The van der Waals surface area contributed by atoms with E-state index < -0.39 is 0 Å². The Morgan fingerprint density at radius 1 is 1.30 bits per heavy atom. The molecular formula is C17H24O3. The average molecular weight is 276 g/mol. The van der Waals surface area contributed by atoms with Crippen molar-refractivity contribution in [2.45, 2.75) is 39.5 Å². The zero-order chi connectivity index (χ0) is 14.9. The molecule has 1 aromatic carbocycles. The summed E-state index contributed by atoms with van der Waals surface area (Å²) in [5.41, 5.74) is 3.86. The fourth-order valence-electron chi connectivity index (χ4n) is 3.10. The van der Waals surface area contributed by atoms with Gasteiger partial charge in [-0.1, -0.05) is 13.0 Å². The lowest BCUT2D eigenvalue weighted by atomic mass is 9.89. The number of carbonyl (C=O) groups excluding carboxylic acids is 1. The Bertz CT molecular complexity index is 507. The maximum Gasteiger partial charge on any atom is 0.308 e. The van der Waals surface area contributed by atoms with E-state index in [0.717, 1.165) is 18.6 Å². The molecule has 0 spiro atoms. The van der Waals surface area contributed by atoms with Crippen molar-refractivity contribution in [2.24, 2.45) is 11.8 Å². The summed E-state index contributed by atoms with van der Waals surface area (Å²) < 4.78 is 10.2. The lowest BCUT2D eigenvalue weighted by Gasteiger charge is -2.18. The topological polar surface area (TPSA) is 35.5 Å². The number of hydrogen-bond acceptors (Lipinski definition) is 3. The first-order valence-corrected chi connectivity index (χ1v) is 7.21. The minimum Gasteiger partial charge on any atom is -0.496 e. The Balaban J connectivity index is 2.06. The largest absolute Gasteiger partial charge is 0.496 e. The van der Waals surface area contributed by atoms with Gasteiger partial charge in [0.05, 0.1) is 20.1 Å². The van der Waals surface area contributed by atoms with E-state index in [1.807, 2.05) is 6.07 Å². The van der Waals surface area contributed by atoms with Crippen molar-refractivity contribution in [3.8, 4) is 5.75 Å². The maximum absolute atomic E-state index is 11.5. The monoisotopic (exact) mass is 276 g/mol.